The number of benzene rings is 1. The molecule has 0 unspecified atom stereocenters. The van der Waals surface area contributed by atoms with Crippen LogP contribution in [-0.2, 0) is 20.8 Å². The Hall–Kier alpha value is -2.48. The molecule has 3 heterocycles. The number of amides is 3. The number of nitrogens with one attached hydrogen (secondary N) is 2. The molecule has 4 atom stereocenters. The zero-order valence-electron chi connectivity index (χ0n) is 25.2. The van der Waals surface area contributed by atoms with Crippen LogP contribution in [0.15, 0.2) is 24.3 Å². The number of piperidine rings is 3. The number of fused-ring (bicyclic) bond motifs is 3. The molecule has 2 saturated carbocycles. The van der Waals surface area contributed by atoms with Crippen molar-refractivity contribution in [1.29, 1.82) is 0 Å². The molecule has 3 amide bonds. The lowest BCUT2D eigenvalue weighted by molar-refractivity contribution is -0.147. The highest BCUT2D eigenvalue weighted by Crippen LogP contribution is 2.46. The van der Waals surface area contributed by atoms with E-state index in [2.05, 4.69) is 22.6 Å². The Bertz CT molecular complexity index is 1080. The number of halogens is 1. The van der Waals surface area contributed by atoms with E-state index in [0.717, 1.165) is 57.1 Å². The SMILES string of the molecule is CC(C)NC(=O)C1(C2CCCCC2)CCN(C(=O)[C@@H](Cc2ccc(F)cc2)NC(=O)[C@H]2C[C@H]3CC[C@@H]2N(C)C3)CC1. The Morgan fingerprint density at radius 1 is 0.976 bits per heavy atom. The average Bonchev–Trinajstić information content (AvgIpc) is 2.97. The first-order valence-electron chi connectivity index (χ1n) is 16.0. The molecule has 2 N–H and O–H groups in total. The van der Waals surface area contributed by atoms with Gasteiger partial charge in [0.05, 0.1) is 11.3 Å². The van der Waals surface area contributed by atoms with Gasteiger partial charge in [-0.2, -0.15) is 0 Å². The summed E-state index contributed by atoms with van der Waals surface area (Å²) in [6.45, 7) is 6.06. The van der Waals surface area contributed by atoms with Crippen molar-refractivity contribution in [2.75, 3.05) is 26.7 Å². The monoisotopic (exact) mass is 568 g/mol. The number of hydrogen-bond acceptors (Lipinski definition) is 4. The van der Waals surface area contributed by atoms with E-state index >= 15 is 0 Å². The van der Waals surface area contributed by atoms with Gasteiger partial charge in [0.1, 0.15) is 11.9 Å². The molecule has 1 aromatic carbocycles. The van der Waals surface area contributed by atoms with Gasteiger partial charge in [-0.15, -0.1) is 0 Å². The van der Waals surface area contributed by atoms with Crippen LogP contribution in [0.1, 0.15) is 83.6 Å². The maximum absolute atomic E-state index is 14.1. The number of carbonyl (C=O) groups excluding carboxylic acids is 3. The summed E-state index contributed by atoms with van der Waals surface area (Å²) in [6.07, 6.45) is 10.4. The third-order valence-corrected chi connectivity index (χ3v) is 10.6. The van der Waals surface area contributed by atoms with E-state index in [1.807, 2.05) is 18.7 Å². The molecule has 2 bridgehead atoms. The van der Waals surface area contributed by atoms with Crippen LogP contribution >= 0.6 is 0 Å². The molecule has 3 aliphatic heterocycles. The lowest BCUT2D eigenvalue weighted by Crippen LogP contribution is -2.60. The zero-order chi connectivity index (χ0) is 29.1. The number of rotatable bonds is 8. The minimum Gasteiger partial charge on any atom is -0.353 e. The van der Waals surface area contributed by atoms with E-state index in [1.54, 1.807) is 12.1 Å². The minimum absolute atomic E-state index is 0.0448. The second kappa shape index (κ2) is 12.8. The molecule has 5 fully saturated rings. The van der Waals surface area contributed by atoms with Gasteiger partial charge in [0.2, 0.25) is 17.7 Å². The van der Waals surface area contributed by atoms with E-state index in [4.69, 9.17) is 0 Å². The van der Waals surface area contributed by atoms with E-state index in [9.17, 15) is 18.8 Å². The lowest BCUT2D eigenvalue weighted by Gasteiger charge is -2.48. The number of hydrogen-bond donors (Lipinski definition) is 2. The van der Waals surface area contributed by atoms with Gasteiger partial charge >= 0.3 is 0 Å². The van der Waals surface area contributed by atoms with Gasteiger partial charge < -0.3 is 20.4 Å². The zero-order valence-corrected chi connectivity index (χ0v) is 25.2. The Labute approximate surface area is 245 Å². The van der Waals surface area contributed by atoms with Crippen LogP contribution in [-0.4, -0.2) is 72.3 Å². The van der Waals surface area contributed by atoms with Crippen LogP contribution in [0.3, 0.4) is 0 Å². The molecular formula is C33H49FN4O3. The first-order valence-corrected chi connectivity index (χ1v) is 16.0. The number of carbonyl (C=O) groups is 3. The van der Waals surface area contributed by atoms with Gasteiger partial charge in [0.15, 0.2) is 0 Å². The summed E-state index contributed by atoms with van der Waals surface area (Å²) < 4.78 is 13.6. The van der Waals surface area contributed by atoms with Gasteiger partial charge in [0.25, 0.3) is 0 Å². The molecule has 5 aliphatic rings. The summed E-state index contributed by atoms with van der Waals surface area (Å²) in [5.41, 5.74) is 0.375. The molecule has 0 radical (unpaired) electrons. The van der Waals surface area contributed by atoms with Crippen molar-refractivity contribution in [2.24, 2.45) is 23.2 Å². The van der Waals surface area contributed by atoms with E-state index in [0.29, 0.717) is 44.2 Å². The highest BCUT2D eigenvalue weighted by Gasteiger charge is 2.49. The van der Waals surface area contributed by atoms with Gasteiger partial charge in [-0.3, -0.25) is 14.4 Å². The topological polar surface area (TPSA) is 81.8 Å². The van der Waals surface area contributed by atoms with Crippen molar-refractivity contribution in [3.05, 3.63) is 35.6 Å². The summed E-state index contributed by atoms with van der Waals surface area (Å²) in [7, 11) is 2.10. The lowest BCUT2D eigenvalue weighted by atomic mass is 9.63. The largest absolute Gasteiger partial charge is 0.353 e. The molecule has 0 spiro atoms. The maximum atomic E-state index is 14.1. The smallest absolute Gasteiger partial charge is 0.245 e. The summed E-state index contributed by atoms with van der Waals surface area (Å²) in [5.74, 6) is 0.432. The standard InChI is InChI=1S/C33H49FN4O3/c1-22(2)35-32(41)33(25-7-5-4-6-8-25)15-17-38(18-16-33)31(40)28(20-23-9-12-26(34)13-10-23)36-30(39)27-19-24-11-14-29(27)37(3)21-24/h9-10,12-13,22,24-25,27-29H,4-8,11,14-21H2,1-3H3,(H,35,41)(H,36,39)/t24-,27+,28-,29+/m1/s1. The summed E-state index contributed by atoms with van der Waals surface area (Å²) in [4.78, 5) is 45.5. The van der Waals surface area contributed by atoms with Crippen molar-refractivity contribution in [3.8, 4) is 0 Å². The fraction of sp³-hybridized carbons (Fsp3) is 0.727. The van der Waals surface area contributed by atoms with Crippen LogP contribution in [0.25, 0.3) is 0 Å². The summed E-state index contributed by atoms with van der Waals surface area (Å²) >= 11 is 0. The van der Waals surface area contributed by atoms with E-state index in [1.165, 1.54) is 18.6 Å². The van der Waals surface area contributed by atoms with Crippen molar-refractivity contribution in [2.45, 2.75) is 103 Å². The molecule has 8 heteroatoms. The first kappa shape index (κ1) is 30.0. The van der Waals surface area contributed by atoms with Gasteiger partial charge in [-0.25, -0.2) is 4.39 Å². The molecule has 226 valence electrons. The van der Waals surface area contributed by atoms with Crippen LogP contribution in [0.5, 0.6) is 0 Å². The quantitative estimate of drug-likeness (QED) is 0.490. The average molecular weight is 569 g/mol. The van der Waals surface area contributed by atoms with Gasteiger partial charge in [-0.1, -0.05) is 31.4 Å². The predicted molar refractivity (Wildman–Crippen MR) is 157 cm³/mol. The fourth-order valence-electron chi connectivity index (χ4n) is 8.32. The maximum Gasteiger partial charge on any atom is 0.245 e. The first-order chi connectivity index (χ1) is 19.7. The highest BCUT2D eigenvalue weighted by molar-refractivity contribution is 5.90. The van der Waals surface area contributed by atoms with Crippen LogP contribution in [0, 0.1) is 29.0 Å². The summed E-state index contributed by atoms with van der Waals surface area (Å²) in [5, 5.41) is 6.36. The second-order valence-electron chi connectivity index (χ2n) is 13.6. The van der Waals surface area contributed by atoms with Crippen LogP contribution < -0.4 is 10.6 Å². The Balaban J connectivity index is 1.31. The molecular weight excluding hydrogens is 519 g/mol. The normalized spacial score (nSPS) is 27.4. The van der Waals surface area contributed by atoms with E-state index in [-0.39, 0.29) is 41.5 Å². The van der Waals surface area contributed by atoms with Gasteiger partial charge in [-0.05, 0) is 95.4 Å². The molecule has 41 heavy (non-hydrogen) atoms. The third-order valence-electron chi connectivity index (χ3n) is 10.6. The molecule has 7 nitrogen and oxygen atoms in total. The molecule has 3 saturated heterocycles. The molecule has 0 aromatic heterocycles. The van der Waals surface area contributed by atoms with Crippen molar-refractivity contribution in [1.82, 2.24) is 20.4 Å². The van der Waals surface area contributed by atoms with Crippen molar-refractivity contribution in [3.63, 3.8) is 0 Å². The number of likely N-dealkylation sites (tertiary alicyclic amines) is 1. The van der Waals surface area contributed by atoms with Crippen molar-refractivity contribution >= 4 is 17.7 Å². The Morgan fingerprint density at radius 3 is 2.27 bits per heavy atom. The minimum atomic E-state index is -0.717. The third kappa shape index (κ3) is 6.63. The van der Waals surface area contributed by atoms with Crippen molar-refractivity contribution < 1.29 is 18.8 Å². The number of nitrogens with zero attached hydrogens (tertiary/aromatic N) is 2. The van der Waals surface area contributed by atoms with Crippen LogP contribution in [0.4, 0.5) is 4.39 Å². The predicted octanol–water partition coefficient (Wildman–Crippen LogP) is 4.30. The molecule has 1 aromatic rings. The second-order valence-corrected chi connectivity index (χ2v) is 13.6. The molecule has 2 aliphatic carbocycles. The summed E-state index contributed by atoms with van der Waals surface area (Å²) in [6, 6.07) is 5.77. The van der Waals surface area contributed by atoms with Gasteiger partial charge in [0, 0.05) is 38.1 Å². The Kier molecular flexibility index (Phi) is 9.37. The van der Waals surface area contributed by atoms with Crippen LogP contribution in [0.2, 0.25) is 0 Å². The van der Waals surface area contributed by atoms with E-state index < -0.39 is 11.5 Å². The fourth-order valence-corrected chi connectivity index (χ4v) is 8.32. The molecule has 6 rings (SSSR count). The highest BCUT2D eigenvalue weighted by atomic mass is 19.1. The Morgan fingerprint density at radius 2 is 1.66 bits per heavy atom.